The van der Waals surface area contributed by atoms with E-state index in [0.717, 1.165) is 11.1 Å². The van der Waals surface area contributed by atoms with Crippen molar-refractivity contribution in [1.82, 2.24) is 9.88 Å². The van der Waals surface area contributed by atoms with Crippen molar-refractivity contribution in [3.05, 3.63) is 64.1 Å². The Kier molecular flexibility index (Phi) is 4.20. The zero-order chi connectivity index (χ0) is 14.5. The molecule has 2 rings (SSSR count). The number of nitrogen functional groups attached to an aromatic ring is 1. The lowest BCUT2D eigenvalue weighted by Gasteiger charge is -2.08. The molecule has 0 radical (unpaired) electrons. The smallest absolute Gasteiger partial charge is 0.251 e. The minimum Gasteiger partial charge on any atom is -0.398 e. The highest BCUT2D eigenvalue weighted by Gasteiger charge is 2.04. The Bertz CT molecular complexity index is 677. The second-order valence-electron chi connectivity index (χ2n) is 4.69. The summed E-state index contributed by atoms with van der Waals surface area (Å²) in [6, 6.07) is 10.8. The largest absolute Gasteiger partial charge is 0.398 e. The van der Waals surface area contributed by atoms with Crippen molar-refractivity contribution in [2.24, 2.45) is 0 Å². The highest BCUT2D eigenvalue weighted by Crippen LogP contribution is 2.03. The average molecular weight is 271 g/mol. The molecule has 1 heterocycles. The van der Waals surface area contributed by atoms with Crippen LogP contribution in [0.5, 0.6) is 0 Å². The molecular formula is C15H17N3O2. The third-order valence-corrected chi connectivity index (χ3v) is 2.89. The summed E-state index contributed by atoms with van der Waals surface area (Å²) in [4.78, 5) is 23.4. The van der Waals surface area contributed by atoms with E-state index in [0.29, 0.717) is 12.2 Å². The van der Waals surface area contributed by atoms with E-state index in [2.05, 4.69) is 5.32 Å². The lowest BCUT2D eigenvalue weighted by Crippen LogP contribution is -2.31. The maximum Gasteiger partial charge on any atom is 0.251 e. The number of aromatic nitrogens is 1. The molecule has 104 valence electrons. The molecule has 0 bridgehead atoms. The van der Waals surface area contributed by atoms with Gasteiger partial charge in [-0.1, -0.05) is 29.8 Å². The molecule has 0 saturated carbocycles. The summed E-state index contributed by atoms with van der Waals surface area (Å²) in [6.07, 6.45) is 1.47. The molecule has 5 heteroatoms. The molecule has 20 heavy (non-hydrogen) atoms. The minimum absolute atomic E-state index is 0.0321. The molecule has 1 aromatic carbocycles. The molecule has 3 N–H and O–H groups in total. The lowest BCUT2D eigenvalue weighted by atomic mass is 10.1. The Morgan fingerprint density at radius 3 is 2.85 bits per heavy atom. The summed E-state index contributed by atoms with van der Waals surface area (Å²) in [5.41, 5.74) is 7.97. The minimum atomic E-state index is -0.245. The molecule has 0 fully saturated rings. The fraction of sp³-hybridized carbons (Fsp3) is 0.200. The lowest BCUT2D eigenvalue weighted by molar-refractivity contribution is -0.121. The van der Waals surface area contributed by atoms with Crippen LogP contribution < -0.4 is 16.6 Å². The Hall–Kier alpha value is -2.56. The van der Waals surface area contributed by atoms with Gasteiger partial charge in [-0.3, -0.25) is 9.59 Å². The predicted molar refractivity (Wildman–Crippen MR) is 78.1 cm³/mol. The molecule has 0 saturated heterocycles. The Balaban J connectivity index is 1.96. The number of rotatable bonds is 4. The van der Waals surface area contributed by atoms with Crippen molar-refractivity contribution in [2.75, 3.05) is 5.73 Å². The van der Waals surface area contributed by atoms with Gasteiger partial charge in [0.25, 0.3) is 5.56 Å². The van der Waals surface area contributed by atoms with Crippen LogP contribution in [0, 0.1) is 6.92 Å². The van der Waals surface area contributed by atoms with Crippen molar-refractivity contribution < 1.29 is 4.79 Å². The normalized spacial score (nSPS) is 10.2. The van der Waals surface area contributed by atoms with Gasteiger partial charge in [0.2, 0.25) is 5.91 Å². The van der Waals surface area contributed by atoms with Crippen molar-refractivity contribution in [2.45, 2.75) is 20.0 Å². The molecule has 0 unspecified atom stereocenters. The van der Waals surface area contributed by atoms with Crippen LogP contribution in [0.2, 0.25) is 0 Å². The first-order chi connectivity index (χ1) is 9.54. The van der Waals surface area contributed by atoms with Gasteiger partial charge in [-0.25, -0.2) is 0 Å². The van der Waals surface area contributed by atoms with Crippen molar-refractivity contribution in [3.8, 4) is 0 Å². The zero-order valence-electron chi connectivity index (χ0n) is 11.3. The highest BCUT2D eigenvalue weighted by atomic mass is 16.2. The SMILES string of the molecule is Cc1cccc(CNC(=O)Cn2cc(N)ccc2=O)c1. The number of nitrogens with two attached hydrogens (primary N) is 1. The molecular weight excluding hydrogens is 254 g/mol. The van der Waals surface area contributed by atoms with Crippen LogP contribution in [0.1, 0.15) is 11.1 Å². The van der Waals surface area contributed by atoms with Crippen LogP contribution in [0.4, 0.5) is 5.69 Å². The zero-order valence-corrected chi connectivity index (χ0v) is 11.3. The van der Waals surface area contributed by atoms with E-state index in [4.69, 9.17) is 5.73 Å². The molecule has 0 spiro atoms. The average Bonchev–Trinajstić information content (AvgIpc) is 2.41. The maximum absolute atomic E-state index is 11.8. The van der Waals surface area contributed by atoms with Gasteiger partial charge in [-0.2, -0.15) is 0 Å². The number of carbonyl (C=O) groups excluding carboxylic acids is 1. The third kappa shape index (κ3) is 3.71. The molecule has 0 aliphatic rings. The standard InChI is InChI=1S/C15H17N3O2/c1-11-3-2-4-12(7-11)8-17-14(19)10-18-9-13(16)5-6-15(18)20/h2-7,9H,8,10,16H2,1H3,(H,17,19). The van der Waals surface area contributed by atoms with Gasteiger partial charge in [-0.15, -0.1) is 0 Å². The maximum atomic E-state index is 11.8. The molecule has 0 atom stereocenters. The first-order valence-corrected chi connectivity index (χ1v) is 6.33. The van der Waals surface area contributed by atoms with Crippen LogP contribution in [-0.4, -0.2) is 10.5 Å². The number of nitrogens with zero attached hydrogens (tertiary/aromatic N) is 1. The summed E-state index contributed by atoms with van der Waals surface area (Å²) in [6.45, 7) is 2.41. The summed E-state index contributed by atoms with van der Waals surface area (Å²) < 4.78 is 1.29. The second-order valence-corrected chi connectivity index (χ2v) is 4.69. The topological polar surface area (TPSA) is 77.1 Å². The quantitative estimate of drug-likeness (QED) is 0.872. The number of hydrogen-bond donors (Lipinski definition) is 2. The van der Waals surface area contributed by atoms with E-state index >= 15 is 0 Å². The molecule has 2 aromatic rings. The number of aryl methyl sites for hydroxylation is 1. The van der Waals surface area contributed by atoms with Gasteiger partial charge < -0.3 is 15.6 Å². The monoisotopic (exact) mass is 271 g/mol. The molecule has 5 nitrogen and oxygen atoms in total. The molecule has 1 aromatic heterocycles. The number of amides is 1. The van der Waals surface area contributed by atoms with E-state index in [1.807, 2.05) is 31.2 Å². The van der Waals surface area contributed by atoms with E-state index < -0.39 is 0 Å². The van der Waals surface area contributed by atoms with Crippen LogP contribution >= 0.6 is 0 Å². The van der Waals surface area contributed by atoms with Crippen molar-refractivity contribution >= 4 is 11.6 Å². The van der Waals surface area contributed by atoms with Gasteiger partial charge in [0.05, 0.1) is 0 Å². The first-order valence-electron chi connectivity index (χ1n) is 6.33. The van der Waals surface area contributed by atoms with Crippen LogP contribution in [0.15, 0.2) is 47.4 Å². The predicted octanol–water partition coefficient (Wildman–Crippen LogP) is 1.06. The number of hydrogen-bond acceptors (Lipinski definition) is 3. The number of nitrogens with one attached hydrogen (secondary N) is 1. The fourth-order valence-electron chi connectivity index (χ4n) is 1.91. The van der Waals surface area contributed by atoms with E-state index in [1.54, 1.807) is 0 Å². The third-order valence-electron chi connectivity index (χ3n) is 2.89. The molecule has 0 aliphatic carbocycles. The number of carbonyl (C=O) groups is 1. The van der Waals surface area contributed by atoms with E-state index in [-0.39, 0.29) is 18.0 Å². The fourth-order valence-corrected chi connectivity index (χ4v) is 1.91. The second kappa shape index (κ2) is 6.06. The molecule has 1 amide bonds. The van der Waals surface area contributed by atoms with Crippen LogP contribution in [0.25, 0.3) is 0 Å². The van der Waals surface area contributed by atoms with Crippen LogP contribution in [0.3, 0.4) is 0 Å². The van der Waals surface area contributed by atoms with Gasteiger partial charge in [0, 0.05) is 24.5 Å². The Morgan fingerprint density at radius 1 is 1.30 bits per heavy atom. The summed E-state index contributed by atoms with van der Waals surface area (Å²) in [5.74, 6) is -0.223. The van der Waals surface area contributed by atoms with E-state index in [1.165, 1.54) is 22.9 Å². The summed E-state index contributed by atoms with van der Waals surface area (Å²) in [5, 5.41) is 2.78. The Labute approximate surface area is 117 Å². The first kappa shape index (κ1) is 13.9. The van der Waals surface area contributed by atoms with Gasteiger partial charge in [0.1, 0.15) is 6.54 Å². The van der Waals surface area contributed by atoms with Gasteiger partial charge in [-0.05, 0) is 18.6 Å². The van der Waals surface area contributed by atoms with Crippen molar-refractivity contribution in [3.63, 3.8) is 0 Å². The number of benzene rings is 1. The summed E-state index contributed by atoms with van der Waals surface area (Å²) in [7, 11) is 0. The van der Waals surface area contributed by atoms with Gasteiger partial charge >= 0.3 is 0 Å². The van der Waals surface area contributed by atoms with Crippen molar-refractivity contribution in [1.29, 1.82) is 0 Å². The van der Waals surface area contributed by atoms with Gasteiger partial charge in [0.15, 0.2) is 0 Å². The summed E-state index contributed by atoms with van der Waals surface area (Å²) >= 11 is 0. The number of anilines is 1. The van der Waals surface area contributed by atoms with Crippen LogP contribution in [-0.2, 0) is 17.9 Å². The highest BCUT2D eigenvalue weighted by molar-refractivity contribution is 5.75. The molecule has 0 aliphatic heterocycles. The number of pyridine rings is 1. The Morgan fingerprint density at radius 2 is 2.10 bits per heavy atom. The van der Waals surface area contributed by atoms with E-state index in [9.17, 15) is 9.59 Å².